The van der Waals surface area contributed by atoms with Crippen LogP contribution in [0, 0.1) is 17.0 Å². The van der Waals surface area contributed by atoms with Gasteiger partial charge in [0.15, 0.2) is 0 Å². The predicted molar refractivity (Wildman–Crippen MR) is 85.1 cm³/mol. The van der Waals surface area contributed by atoms with E-state index in [1.165, 1.54) is 6.07 Å². The summed E-state index contributed by atoms with van der Waals surface area (Å²) in [5.74, 6) is -0.163. The van der Waals surface area contributed by atoms with Crippen LogP contribution in [0.3, 0.4) is 0 Å². The Kier molecular flexibility index (Phi) is 5.08. The van der Waals surface area contributed by atoms with Crippen molar-refractivity contribution in [2.45, 2.75) is 6.92 Å². The molecule has 114 valence electrons. The van der Waals surface area contributed by atoms with Gasteiger partial charge in [-0.25, -0.2) is 0 Å². The molecule has 0 saturated carbocycles. The third-order valence-corrected chi connectivity index (χ3v) is 3.14. The molecule has 0 saturated heterocycles. The average molecular weight is 299 g/mol. The van der Waals surface area contributed by atoms with Crippen molar-refractivity contribution in [3.05, 3.63) is 69.8 Å². The first-order valence-corrected chi connectivity index (χ1v) is 6.90. The second-order valence-corrected chi connectivity index (χ2v) is 4.82. The van der Waals surface area contributed by atoms with E-state index in [1.807, 2.05) is 19.1 Å². The van der Waals surface area contributed by atoms with Crippen LogP contribution in [0.25, 0.3) is 0 Å². The van der Waals surface area contributed by atoms with E-state index in [4.69, 9.17) is 0 Å². The van der Waals surface area contributed by atoms with Crippen molar-refractivity contribution in [2.75, 3.05) is 18.4 Å². The summed E-state index contributed by atoms with van der Waals surface area (Å²) < 4.78 is 0. The molecule has 0 radical (unpaired) electrons. The molecular formula is C16H17N3O3. The van der Waals surface area contributed by atoms with Crippen molar-refractivity contribution in [3.8, 4) is 0 Å². The van der Waals surface area contributed by atoms with Crippen molar-refractivity contribution in [2.24, 2.45) is 0 Å². The van der Waals surface area contributed by atoms with E-state index in [1.54, 1.807) is 30.3 Å². The number of anilines is 1. The van der Waals surface area contributed by atoms with Crippen LogP contribution in [0.15, 0.2) is 48.5 Å². The number of carbonyl (C=O) groups is 1. The van der Waals surface area contributed by atoms with Gasteiger partial charge in [-0.05, 0) is 25.1 Å². The summed E-state index contributed by atoms with van der Waals surface area (Å²) in [7, 11) is 0. The number of carbonyl (C=O) groups excluding carboxylic acids is 1. The summed E-state index contributed by atoms with van der Waals surface area (Å²) in [5, 5.41) is 16.6. The summed E-state index contributed by atoms with van der Waals surface area (Å²) in [4.78, 5) is 22.3. The maximum absolute atomic E-state index is 11.9. The molecule has 6 heteroatoms. The standard InChI is InChI=1S/C16H17N3O3/c1-12-6-8-13(9-7-12)16(20)18-11-10-17-14-4-2-3-5-15(14)19(21)22/h2-9,17H,10-11H2,1H3,(H,18,20). The Bertz CT molecular complexity index is 669. The number of nitrogens with one attached hydrogen (secondary N) is 2. The molecular weight excluding hydrogens is 282 g/mol. The van der Waals surface area contributed by atoms with Crippen molar-refractivity contribution in [1.82, 2.24) is 5.32 Å². The highest BCUT2D eigenvalue weighted by Gasteiger charge is 2.11. The van der Waals surface area contributed by atoms with Gasteiger partial charge in [-0.1, -0.05) is 29.8 Å². The van der Waals surface area contributed by atoms with Gasteiger partial charge in [-0.15, -0.1) is 0 Å². The van der Waals surface area contributed by atoms with Crippen molar-refractivity contribution in [3.63, 3.8) is 0 Å². The van der Waals surface area contributed by atoms with Gasteiger partial charge in [-0.3, -0.25) is 14.9 Å². The van der Waals surface area contributed by atoms with Crippen LogP contribution >= 0.6 is 0 Å². The summed E-state index contributed by atoms with van der Waals surface area (Å²) in [6.07, 6.45) is 0. The Hall–Kier alpha value is -2.89. The Morgan fingerprint density at radius 2 is 1.77 bits per heavy atom. The molecule has 0 bridgehead atoms. The second-order valence-electron chi connectivity index (χ2n) is 4.82. The minimum Gasteiger partial charge on any atom is -0.378 e. The lowest BCUT2D eigenvalue weighted by atomic mass is 10.1. The number of nitro groups is 1. The van der Waals surface area contributed by atoms with E-state index < -0.39 is 4.92 Å². The van der Waals surface area contributed by atoms with Crippen molar-refractivity contribution in [1.29, 1.82) is 0 Å². The van der Waals surface area contributed by atoms with Gasteiger partial charge >= 0.3 is 0 Å². The van der Waals surface area contributed by atoms with Gasteiger partial charge < -0.3 is 10.6 Å². The van der Waals surface area contributed by atoms with E-state index in [0.29, 0.717) is 24.3 Å². The zero-order valence-corrected chi connectivity index (χ0v) is 12.2. The van der Waals surface area contributed by atoms with Crippen LogP contribution in [0.4, 0.5) is 11.4 Å². The molecule has 0 atom stereocenters. The molecule has 2 N–H and O–H groups in total. The quantitative estimate of drug-likeness (QED) is 0.488. The Balaban J connectivity index is 1.83. The van der Waals surface area contributed by atoms with Gasteiger partial charge in [0, 0.05) is 24.7 Å². The summed E-state index contributed by atoms with van der Waals surface area (Å²) >= 11 is 0. The van der Waals surface area contributed by atoms with Crippen LogP contribution in [-0.4, -0.2) is 23.9 Å². The summed E-state index contributed by atoms with van der Waals surface area (Å²) in [6.45, 7) is 2.74. The fourth-order valence-electron chi connectivity index (χ4n) is 1.96. The SMILES string of the molecule is Cc1ccc(C(=O)NCCNc2ccccc2[N+](=O)[O-])cc1. The van der Waals surface area contributed by atoms with Crippen molar-refractivity contribution < 1.29 is 9.72 Å². The molecule has 22 heavy (non-hydrogen) atoms. The first-order valence-electron chi connectivity index (χ1n) is 6.90. The average Bonchev–Trinajstić information content (AvgIpc) is 2.52. The van der Waals surface area contributed by atoms with Crippen LogP contribution in [0.5, 0.6) is 0 Å². The maximum Gasteiger partial charge on any atom is 0.292 e. The predicted octanol–water partition coefficient (Wildman–Crippen LogP) is 2.75. The number of amides is 1. The molecule has 2 aromatic carbocycles. The number of para-hydroxylation sites is 2. The molecule has 6 nitrogen and oxygen atoms in total. The van der Waals surface area contributed by atoms with Crippen LogP contribution in [0.1, 0.15) is 15.9 Å². The molecule has 0 heterocycles. The zero-order chi connectivity index (χ0) is 15.9. The molecule has 2 rings (SSSR count). The smallest absolute Gasteiger partial charge is 0.292 e. The minimum atomic E-state index is -0.437. The normalized spacial score (nSPS) is 10.0. The number of hydrogen-bond acceptors (Lipinski definition) is 4. The van der Waals surface area contributed by atoms with Gasteiger partial charge in [0.1, 0.15) is 5.69 Å². The van der Waals surface area contributed by atoms with Crippen molar-refractivity contribution >= 4 is 17.3 Å². The fourth-order valence-corrected chi connectivity index (χ4v) is 1.96. The molecule has 0 aliphatic carbocycles. The van der Waals surface area contributed by atoms with Crippen LogP contribution in [0.2, 0.25) is 0 Å². The lowest BCUT2D eigenvalue weighted by Gasteiger charge is -2.08. The Morgan fingerprint density at radius 1 is 1.09 bits per heavy atom. The number of benzene rings is 2. The lowest BCUT2D eigenvalue weighted by molar-refractivity contribution is -0.384. The van der Waals surface area contributed by atoms with E-state index in [-0.39, 0.29) is 11.6 Å². The fraction of sp³-hybridized carbons (Fsp3) is 0.188. The van der Waals surface area contributed by atoms with Crippen LogP contribution in [-0.2, 0) is 0 Å². The number of hydrogen-bond donors (Lipinski definition) is 2. The monoisotopic (exact) mass is 299 g/mol. The van der Waals surface area contributed by atoms with E-state index in [9.17, 15) is 14.9 Å². The van der Waals surface area contributed by atoms with Crippen LogP contribution < -0.4 is 10.6 Å². The zero-order valence-electron chi connectivity index (χ0n) is 12.2. The highest BCUT2D eigenvalue weighted by atomic mass is 16.6. The van der Waals surface area contributed by atoms with Gasteiger partial charge in [0.05, 0.1) is 4.92 Å². The molecule has 0 fully saturated rings. The van der Waals surface area contributed by atoms with E-state index in [0.717, 1.165) is 5.56 Å². The third-order valence-electron chi connectivity index (χ3n) is 3.14. The van der Waals surface area contributed by atoms with E-state index >= 15 is 0 Å². The highest BCUT2D eigenvalue weighted by Crippen LogP contribution is 2.22. The minimum absolute atomic E-state index is 0.0207. The molecule has 0 aliphatic heterocycles. The number of aryl methyl sites for hydroxylation is 1. The molecule has 2 aromatic rings. The largest absolute Gasteiger partial charge is 0.378 e. The highest BCUT2D eigenvalue weighted by molar-refractivity contribution is 5.94. The number of nitro benzene ring substituents is 1. The molecule has 0 spiro atoms. The lowest BCUT2D eigenvalue weighted by Crippen LogP contribution is -2.28. The maximum atomic E-state index is 11.9. The second kappa shape index (κ2) is 7.21. The molecule has 0 aromatic heterocycles. The number of nitrogens with zero attached hydrogens (tertiary/aromatic N) is 1. The molecule has 1 amide bonds. The van der Waals surface area contributed by atoms with Gasteiger partial charge in [0.25, 0.3) is 11.6 Å². The summed E-state index contributed by atoms with van der Waals surface area (Å²) in [5.41, 5.74) is 2.15. The first-order chi connectivity index (χ1) is 10.6. The summed E-state index contributed by atoms with van der Waals surface area (Å²) in [6, 6.07) is 13.7. The topological polar surface area (TPSA) is 84.3 Å². The first kappa shape index (κ1) is 15.5. The molecule has 0 aliphatic rings. The Morgan fingerprint density at radius 3 is 2.45 bits per heavy atom. The number of rotatable bonds is 6. The van der Waals surface area contributed by atoms with E-state index in [2.05, 4.69) is 10.6 Å². The van der Waals surface area contributed by atoms with Gasteiger partial charge in [0.2, 0.25) is 0 Å². The molecule has 0 unspecified atom stereocenters. The third kappa shape index (κ3) is 4.05. The van der Waals surface area contributed by atoms with Gasteiger partial charge in [-0.2, -0.15) is 0 Å². The Labute approximate surface area is 128 Å².